The van der Waals surface area contributed by atoms with Crippen LogP contribution in [-0.2, 0) is 15.0 Å². The van der Waals surface area contributed by atoms with E-state index in [4.69, 9.17) is 4.55 Å². The van der Waals surface area contributed by atoms with E-state index in [1.54, 1.807) is 0 Å². The number of nitrogens with zero attached hydrogens (tertiary/aromatic N) is 1. The molecule has 1 N–H and O–H groups in total. The topological polar surface area (TPSA) is 76.0 Å². The molecule has 58 valence electrons. The summed E-state index contributed by atoms with van der Waals surface area (Å²) in [5.41, 5.74) is 0.377. The van der Waals surface area contributed by atoms with E-state index in [0.29, 0.717) is 18.7 Å². The summed E-state index contributed by atoms with van der Waals surface area (Å²) < 4.78 is 28.7. The van der Waals surface area contributed by atoms with E-state index >= 15 is 0 Å². The summed E-state index contributed by atoms with van der Waals surface area (Å²) >= 11 is 0. The molecular weight excluding hydrogens is 158 g/mol. The zero-order chi connectivity index (χ0) is 7.61. The van der Waals surface area contributed by atoms with Gasteiger partial charge < -0.3 is 4.84 Å². The number of rotatable bonds is 2. The molecule has 0 aromatic rings. The van der Waals surface area contributed by atoms with E-state index in [9.17, 15) is 8.42 Å². The smallest absolute Gasteiger partial charge is 0.270 e. The fourth-order valence-corrected chi connectivity index (χ4v) is 1.27. The van der Waals surface area contributed by atoms with Crippen molar-refractivity contribution in [1.82, 2.24) is 0 Å². The largest absolute Gasteiger partial charge is 0.395 e. The molecule has 0 amide bonds. The first-order valence-corrected chi connectivity index (χ1v) is 4.32. The molecule has 0 fully saturated rings. The van der Waals surface area contributed by atoms with Crippen LogP contribution in [0.25, 0.3) is 0 Å². The first kappa shape index (κ1) is 7.49. The highest BCUT2D eigenvalue weighted by atomic mass is 32.2. The van der Waals surface area contributed by atoms with Crippen molar-refractivity contribution in [2.45, 2.75) is 6.42 Å². The molecule has 0 atom stereocenters. The Bertz CT molecular complexity index is 242. The summed E-state index contributed by atoms with van der Waals surface area (Å²) in [5, 5.41) is 3.40. The maximum atomic E-state index is 10.2. The first-order chi connectivity index (χ1) is 4.58. The predicted molar refractivity (Wildman–Crippen MR) is 34.4 cm³/mol. The lowest BCUT2D eigenvalue weighted by atomic mass is 10.3. The summed E-state index contributed by atoms with van der Waals surface area (Å²) in [6.07, 6.45) is 0.486. The average molecular weight is 165 g/mol. The van der Waals surface area contributed by atoms with E-state index in [-0.39, 0.29) is 0 Å². The minimum atomic E-state index is -3.92. The maximum absolute atomic E-state index is 10.2. The summed E-state index contributed by atoms with van der Waals surface area (Å²) in [4.78, 5) is 4.52. The molecule has 1 rings (SSSR count). The number of hydrogen-bond donors (Lipinski definition) is 1. The predicted octanol–water partition coefficient (Wildman–Crippen LogP) is -0.349. The van der Waals surface area contributed by atoms with Crippen LogP contribution >= 0.6 is 0 Å². The molecule has 0 unspecified atom stereocenters. The van der Waals surface area contributed by atoms with Crippen molar-refractivity contribution in [1.29, 1.82) is 0 Å². The first-order valence-electron chi connectivity index (χ1n) is 2.71. The van der Waals surface area contributed by atoms with Crippen molar-refractivity contribution in [3.05, 3.63) is 0 Å². The highest BCUT2D eigenvalue weighted by Gasteiger charge is 2.15. The Balaban J connectivity index is 2.54. The highest BCUT2D eigenvalue weighted by Crippen LogP contribution is 2.01. The van der Waals surface area contributed by atoms with Gasteiger partial charge in [-0.1, -0.05) is 5.16 Å². The van der Waals surface area contributed by atoms with Crippen LogP contribution < -0.4 is 0 Å². The zero-order valence-corrected chi connectivity index (χ0v) is 5.97. The van der Waals surface area contributed by atoms with Crippen molar-refractivity contribution >= 4 is 15.8 Å². The van der Waals surface area contributed by atoms with Crippen LogP contribution in [0.2, 0.25) is 0 Å². The molecule has 0 aromatic carbocycles. The Hall–Kier alpha value is -0.620. The SMILES string of the molecule is O=S(=O)(O)CC1=NOCC1. The lowest BCUT2D eigenvalue weighted by Crippen LogP contribution is -2.12. The van der Waals surface area contributed by atoms with Crippen LogP contribution in [0.3, 0.4) is 0 Å². The molecular formula is C4H7NO4S. The maximum Gasteiger partial charge on any atom is 0.270 e. The van der Waals surface area contributed by atoms with Gasteiger partial charge in [-0.05, 0) is 0 Å². The molecule has 0 aromatic heterocycles. The summed E-state index contributed by atoms with van der Waals surface area (Å²) in [6, 6.07) is 0. The zero-order valence-electron chi connectivity index (χ0n) is 5.15. The minimum Gasteiger partial charge on any atom is -0.395 e. The highest BCUT2D eigenvalue weighted by molar-refractivity contribution is 7.86. The van der Waals surface area contributed by atoms with E-state index in [1.807, 2.05) is 0 Å². The van der Waals surface area contributed by atoms with Gasteiger partial charge in [0.25, 0.3) is 10.1 Å². The van der Waals surface area contributed by atoms with E-state index in [0.717, 1.165) is 0 Å². The molecule has 10 heavy (non-hydrogen) atoms. The second-order valence-corrected chi connectivity index (χ2v) is 3.42. The third-order valence-electron chi connectivity index (χ3n) is 1.02. The van der Waals surface area contributed by atoms with Crippen LogP contribution in [0.15, 0.2) is 5.16 Å². The van der Waals surface area contributed by atoms with Crippen LogP contribution in [0, 0.1) is 0 Å². The molecule has 0 saturated carbocycles. The van der Waals surface area contributed by atoms with Crippen LogP contribution in [0.5, 0.6) is 0 Å². The van der Waals surface area contributed by atoms with Gasteiger partial charge in [-0.25, -0.2) is 0 Å². The fourth-order valence-electron chi connectivity index (χ4n) is 0.655. The Morgan fingerprint density at radius 1 is 1.70 bits per heavy atom. The number of oxime groups is 1. The van der Waals surface area contributed by atoms with Gasteiger partial charge >= 0.3 is 0 Å². The van der Waals surface area contributed by atoms with Crippen molar-refractivity contribution in [3.63, 3.8) is 0 Å². The van der Waals surface area contributed by atoms with E-state index < -0.39 is 15.9 Å². The Morgan fingerprint density at radius 2 is 2.40 bits per heavy atom. The molecule has 1 aliphatic rings. The number of hydrogen-bond acceptors (Lipinski definition) is 4. The molecule has 5 nitrogen and oxygen atoms in total. The van der Waals surface area contributed by atoms with Gasteiger partial charge in [0, 0.05) is 6.42 Å². The van der Waals surface area contributed by atoms with E-state index in [2.05, 4.69) is 9.99 Å². The van der Waals surface area contributed by atoms with Gasteiger partial charge in [-0.2, -0.15) is 8.42 Å². The molecule has 0 aliphatic carbocycles. The Labute approximate surface area is 58.4 Å². The van der Waals surface area contributed by atoms with Crippen molar-refractivity contribution in [2.24, 2.45) is 5.16 Å². The Kier molecular flexibility index (Phi) is 1.91. The molecule has 6 heteroatoms. The molecule has 0 spiro atoms. The molecule has 1 heterocycles. The van der Waals surface area contributed by atoms with Crippen molar-refractivity contribution in [3.8, 4) is 0 Å². The Morgan fingerprint density at radius 3 is 2.80 bits per heavy atom. The standard InChI is InChI=1S/C4H7NO4S/c6-10(7,8)3-4-1-2-9-5-4/h1-3H2,(H,6,7,8). The van der Waals surface area contributed by atoms with Crippen LogP contribution in [0.1, 0.15) is 6.42 Å². The molecule has 1 aliphatic heterocycles. The van der Waals surface area contributed by atoms with Crippen molar-refractivity contribution in [2.75, 3.05) is 12.4 Å². The van der Waals surface area contributed by atoms with Gasteiger partial charge in [0.15, 0.2) is 0 Å². The normalized spacial score (nSPS) is 18.3. The fraction of sp³-hybridized carbons (Fsp3) is 0.750. The minimum absolute atomic E-state index is 0.377. The molecule has 0 bridgehead atoms. The second kappa shape index (κ2) is 2.55. The lowest BCUT2D eigenvalue weighted by Gasteiger charge is -1.90. The van der Waals surface area contributed by atoms with Gasteiger partial charge in [0.05, 0.1) is 5.71 Å². The van der Waals surface area contributed by atoms with Gasteiger partial charge in [0.1, 0.15) is 12.4 Å². The summed E-state index contributed by atoms with van der Waals surface area (Å²) in [5.74, 6) is -0.410. The summed E-state index contributed by atoms with van der Waals surface area (Å²) in [6.45, 7) is 0.408. The van der Waals surface area contributed by atoms with Gasteiger partial charge in [-0.3, -0.25) is 4.55 Å². The van der Waals surface area contributed by atoms with Gasteiger partial charge in [0.2, 0.25) is 0 Å². The van der Waals surface area contributed by atoms with Gasteiger partial charge in [-0.15, -0.1) is 0 Å². The third-order valence-corrected chi connectivity index (χ3v) is 1.72. The molecule has 0 radical (unpaired) electrons. The monoisotopic (exact) mass is 165 g/mol. The van der Waals surface area contributed by atoms with E-state index in [1.165, 1.54) is 0 Å². The average Bonchev–Trinajstić information content (AvgIpc) is 2.12. The summed E-state index contributed by atoms with van der Waals surface area (Å²) in [7, 11) is -3.92. The second-order valence-electron chi connectivity index (χ2n) is 1.97. The van der Waals surface area contributed by atoms with Crippen molar-refractivity contribution < 1.29 is 17.8 Å². The quantitative estimate of drug-likeness (QED) is 0.567. The van der Waals surface area contributed by atoms with Crippen LogP contribution in [0.4, 0.5) is 0 Å². The third kappa shape index (κ3) is 2.32. The van der Waals surface area contributed by atoms with Crippen LogP contribution in [-0.4, -0.2) is 31.0 Å². The molecule has 0 saturated heterocycles. The lowest BCUT2D eigenvalue weighted by molar-refractivity contribution is 0.173.